The summed E-state index contributed by atoms with van der Waals surface area (Å²) in [6, 6.07) is 5.60. The Morgan fingerprint density at radius 1 is 1.31 bits per heavy atom. The Bertz CT molecular complexity index is 586. The summed E-state index contributed by atoms with van der Waals surface area (Å²) in [6.07, 6.45) is 0.322. The summed E-state index contributed by atoms with van der Waals surface area (Å²) >= 11 is 1.54. The lowest BCUT2D eigenvalue weighted by atomic mass is 9.96. The molecule has 0 unspecified atom stereocenters. The lowest BCUT2D eigenvalue weighted by Crippen LogP contribution is -2.40. The number of nitrogens with zero attached hydrogens (tertiary/aromatic N) is 2. The van der Waals surface area contributed by atoms with Gasteiger partial charge in [0.1, 0.15) is 0 Å². The number of likely N-dealkylation sites (tertiary alicyclic amines) is 1. The number of rotatable bonds is 7. The molecule has 0 N–H and O–H groups in total. The minimum absolute atomic E-state index is 0.171. The minimum Gasteiger partial charge on any atom is -0.345 e. The van der Waals surface area contributed by atoms with E-state index < -0.39 is 11.7 Å². The average molecular weight is 388 g/mol. The fourth-order valence-corrected chi connectivity index (χ4v) is 3.77. The van der Waals surface area contributed by atoms with Crippen LogP contribution >= 0.6 is 11.8 Å². The van der Waals surface area contributed by atoms with Gasteiger partial charge in [-0.2, -0.15) is 24.9 Å². The van der Waals surface area contributed by atoms with Gasteiger partial charge in [0.05, 0.1) is 11.3 Å². The van der Waals surface area contributed by atoms with Gasteiger partial charge >= 0.3 is 6.18 Å². The summed E-state index contributed by atoms with van der Waals surface area (Å²) in [6.45, 7) is 3.44. The van der Waals surface area contributed by atoms with Crippen molar-refractivity contribution >= 4 is 17.7 Å². The Hall–Kier alpha value is -1.21. The third-order valence-electron chi connectivity index (χ3n) is 4.90. The molecule has 0 bridgehead atoms. The normalized spacial score (nSPS) is 16.7. The molecule has 3 nitrogen and oxygen atoms in total. The average Bonchev–Trinajstić information content (AvgIpc) is 2.61. The first-order valence-electron chi connectivity index (χ1n) is 8.91. The molecule has 1 amide bonds. The Kier molecular flexibility index (Phi) is 7.83. The third-order valence-corrected chi connectivity index (χ3v) is 5.44. The molecule has 2 rings (SSSR count). The molecular formula is C19H27F3N2OS. The molecule has 1 aliphatic rings. The zero-order valence-electron chi connectivity index (χ0n) is 15.4. The van der Waals surface area contributed by atoms with Crippen molar-refractivity contribution in [1.82, 2.24) is 9.80 Å². The predicted molar refractivity (Wildman–Crippen MR) is 100 cm³/mol. The molecule has 146 valence electrons. The van der Waals surface area contributed by atoms with E-state index in [2.05, 4.69) is 4.90 Å². The van der Waals surface area contributed by atoms with E-state index in [0.717, 1.165) is 50.7 Å². The van der Waals surface area contributed by atoms with Crippen molar-refractivity contribution in [3.8, 4) is 0 Å². The third kappa shape index (κ3) is 6.50. The summed E-state index contributed by atoms with van der Waals surface area (Å²) in [4.78, 5) is 16.0. The SMILES string of the molecule is CSCC(=O)N(C)CC1CCN(CCc2cccc(C(F)(F)F)c2)CC1. The highest BCUT2D eigenvalue weighted by atomic mass is 32.2. The number of benzene rings is 1. The smallest absolute Gasteiger partial charge is 0.345 e. The lowest BCUT2D eigenvalue weighted by Gasteiger charge is -2.34. The highest BCUT2D eigenvalue weighted by Gasteiger charge is 2.30. The molecule has 0 saturated carbocycles. The Labute approximate surface area is 157 Å². The van der Waals surface area contributed by atoms with E-state index in [1.165, 1.54) is 23.9 Å². The Morgan fingerprint density at radius 3 is 2.62 bits per heavy atom. The molecule has 1 aromatic rings. The van der Waals surface area contributed by atoms with Crippen LogP contribution in [-0.4, -0.2) is 60.9 Å². The number of hydrogen-bond acceptors (Lipinski definition) is 3. The van der Waals surface area contributed by atoms with Crippen LogP contribution in [0.15, 0.2) is 24.3 Å². The summed E-state index contributed by atoms with van der Waals surface area (Å²) in [5.41, 5.74) is 0.149. The van der Waals surface area contributed by atoms with Crippen LogP contribution < -0.4 is 0 Å². The van der Waals surface area contributed by atoms with Gasteiger partial charge in [-0.1, -0.05) is 18.2 Å². The predicted octanol–water partition coefficient (Wildman–Crippen LogP) is 3.78. The molecule has 1 saturated heterocycles. The van der Waals surface area contributed by atoms with Gasteiger partial charge in [-0.3, -0.25) is 4.79 Å². The van der Waals surface area contributed by atoms with Crippen LogP contribution in [0, 0.1) is 5.92 Å². The van der Waals surface area contributed by atoms with E-state index in [4.69, 9.17) is 0 Å². The quantitative estimate of drug-likeness (QED) is 0.710. The second kappa shape index (κ2) is 9.65. The van der Waals surface area contributed by atoms with Gasteiger partial charge in [0.2, 0.25) is 5.91 Å². The van der Waals surface area contributed by atoms with Crippen molar-refractivity contribution in [1.29, 1.82) is 0 Å². The molecule has 1 aliphatic heterocycles. The van der Waals surface area contributed by atoms with Gasteiger partial charge in [-0.05, 0) is 56.2 Å². The lowest BCUT2D eigenvalue weighted by molar-refractivity contribution is -0.137. The second-order valence-corrected chi connectivity index (χ2v) is 7.81. The van der Waals surface area contributed by atoms with E-state index in [9.17, 15) is 18.0 Å². The Morgan fingerprint density at radius 2 is 2.00 bits per heavy atom. The number of thioether (sulfide) groups is 1. The van der Waals surface area contributed by atoms with Crippen LogP contribution in [0.2, 0.25) is 0 Å². The van der Waals surface area contributed by atoms with Crippen LogP contribution in [0.4, 0.5) is 13.2 Å². The van der Waals surface area contributed by atoms with Crippen molar-refractivity contribution in [2.24, 2.45) is 5.92 Å². The maximum atomic E-state index is 12.8. The molecule has 26 heavy (non-hydrogen) atoms. The first-order valence-corrected chi connectivity index (χ1v) is 10.3. The molecule has 0 radical (unpaired) electrons. The second-order valence-electron chi connectivity index (χ2n) is 6.94. The fourth-order valence-electron chi connectivity index (χ4n) is 3.31. The van der Waals surface area contributed by atoms with Crippen LogP contribution in [0.1, 0.15) is 24.0 Å². The van der Waals surface area contributed by atoms with Crippen molar-refractivity contribution in [2.75, 3.05) is 45.2 Å². The van der Waals surface area contributed by atoms with E-state index in [0.29, 0.717) is 18.1 Å². The zero-order chi connectivity index (χ0) is 19.2. The molecule has 0 aliphatic carbocycles. The van der Waals surface area contributed by atoms with Gasteiger partial charge < -0.3 is 9.80 Å². The van der Waals surface area contributed by atoms with E-state index in [1.807, 2.05) is 18.2 Å². The fraction of sp³-hybridized carbons (Fsp3) is 0.632. The maximum Gasteiger partial charge on any atom is 0.416 e. The summed E-state index contributed by atoms with van der Waals surface area (Å²) in [7, 11) is 1.86. The Balaban J connectivity index is 1.75. The number of alkyl halides is 3. The van der Waals surface area contributed by atoms with Crippen LogP contribution in [0.25, 0.3) is 0 Å². The maximum absolute atomic E-state index is 12.8. The van der Waals surface area contributed by atoms with Crippen LogP contribution in [0.3, 0.4) is 0 Å². The number of piperidine rings is 1. The van der Waals surface area contributed by atoms with Crippen molar-refractivity contribution in [2.45, 2.75) is 25.4 Å². The first-order chi connectivity index (χ1) is 12.3. The zero-order valence-corrected chi connectivity index (χ0v) is 16.2. The summed E-state index contributed by atoms with van der Waals surface area (Å²) in [5.74, 6) is 1.20. The van der Waals surface area contributed by atoms with Gasteiger partial charge in [-0.15, -0.1) is 0 Å². The molecule has 0 atom stereocenters. The van der Waals surface area contributed by atoms with E-state index in [-0.39, 0.29) is 5.91 Å². The number of hydrogen-bond donors (Lipinski definition) is 0. The first kappa shape index (κ1) is 21.1. The molecule has 1 fully saturated rings. The molecule has 7 heteroatoms. The topological polar surface area (TPSA) is 23.6 Å². The molecular weight excluding hydrogens is 361 g/mol. The van der Waals surface area contributed by atoms with Gasteiger partial charge in [0.25, 0.3) is 0 Å². The number of halogens is 3. The van der Waals surface area contributed by atoms with E-state index >= 15 is 0 Å². The summed E-state index contributed by atoms with van der Waals surface area (Å²) < 4.78 is 38.3. The molecule has 0 aromatic heterocycles. The van der Waals surface area contributed by atoms with E-state index in [1.54, 1.807) is 6.07 Å². The number of carbonyl (C=O) groups is 1. The highest BCUT2D eigenvalue weighted by molar-refractivity contribution is 7.99. The van der Waals surface area contributed by atoms with Gasteiger partial charge in [0.15, 0.2) is 0 Å². The highest BCUT2D eigenvalue weighted by Crippen LogP contribution is 2.29. The minimum atomic E-state index is -4.28. The van der Waals surface area contributed by atoms with Crippen molar-refractivity contribution in [3.05, 3.63) is 35.4 Å². The molecule has 1 aromatic carbocycles. The summed E-state index contributed by atoms with van der Waals surface area (Å²) in [5, 5.41) is 0. The van der Waals surface area contributed by atoms with Crippen molar-refractivity contribution < 1.29 is 18.0 Å². The van der Waals surface area contributed by atoms with Crippen LogP contribution in [-0.2, 0) is 17.4 Å². The number of amides is 1. The van der Waals surface area contributed by atoms with Crippen LogP contribution in [0.5, 0.6) is 0 Å². The standard InChI is InChI=1S/C19H27F3N2OS/c1-23(18(25)14-26-2)13-16-7-10-24(11-8-16)9-6-15-4-3-5-17(12-15)19(20,21)22/h3-5,12,16H,6-11,13-14H2,1-2H3. The van der Waals surface area contributed by atoms with Gasteiger partial charge in [0, 0.05) is 20.1 Å². The molecule has 0 spiro atoms. The monoisotopic (exact) mass is 388 g/mol. The molecule has 1 heterocycles. The van der Waals surface area contributed by atoms with Crippen molar-refractivity contribution in [3.63, 3.8) is 0 Å². The van der Waals surface area contributed by atoms with Gasteiger partial charge in [-0.25, -0.2) is 0 Å². The number of carbonyl (C=O) groups excluding carboxylic acids is 1. The largest absolute Gasteiger partial charge is 0.416 e.